The standard InChI is InChI=1S/C17H21NO/c1-2-3-4-5-13-6-7-16(12-17(13)19)18-14-8-9-15(18)11-10-14/h2-4,6-7,12,14-15,19H,1,5,8-11H2. The number of anilines is 1. The molecule has 1 aromatic rings. The van der Waals surface area contributed by atoms with Crippen LogP contribution < -0.4 is 4.90 Å². The van der Waals surface area contributed by atoms with Gasteiger partial charge in [-0.1, -0.05) is 30.9 Å². The molecule has 2 saturated heterocycles. The third-order valence-corrected chi connectivity index (χ3v) is 4.43. The molecule has 2 fully saturated rings. The van der Waals surface area contributed by atoms with Gasteiger partial charge >= 0.3 is 0 Å². The SMILES string of the molecule is C=CC=CCc1ccc(N2C3CCC2CC3)cc1O. The average molecular weight is 255 g/mol. The van der Waals surface area contributed by atoms with Crippen molar-refractivity contribution in [3.63, 3.8) is 0 Å². The summed E-state index contributed by atoms with van der Waals surface area (Å²) in [6.07, 6.45) is 11.7. The number of aromatic hydroxyl groups is 1. The van der Waals surface area contributed by atoms with Crippen molar-refractivity contribution in [3.05, 3.63) is 48.6 Å². The van der Waals surface area contributed by atoms with Crippen LogP contribution in [0.4, 0.5) is 5.69 Å². The molecule has 1 aromatic carbocycles. The first-order chi connectivity index (χ1) is 9.29. The smallest absolute Gasteiger partial charge is 0.121 e. The molecule has 2 nitrogen and oxygen atoms in total. The van der Waals surface area contributed by atoms with Gasteiger partial charge in [0.05, 0.1) is 0 Å². The average Bonchev–Trinajstić information content (AvgIpc) is 3.01. The Labute approximate surface area is 115 Å². The van der Waals surface area contributed by atoms with Gasteiger partial charge in [0.25, 0.3) is 0 Å². The highest BCUT2D eigenvalue weighted by atomic mass is 16.3. The van der Waals surface area contributed by atoms with E-state index in [1.165, 1.54) is 31.4 Å². The van der Waals surface area contributed by atoms with Gasteiger partial charge in [0, 0.05) is 23.8 Å². The lowest BCUT2D eigenvalue weighted by molar-refractivity contribution is 0.469. The number of allylic oxidation sites excluding steroid dienone is 3. The van der Waals surface area contributed by atoms with Gasteiger partial charge in [0.15, 0.2) is 0 Å². The molecule has 0 unspecified atom stereocenters. The van der Waals surface area contributed by atoms with E-state index in [9.17, 15) is 5.11 Å². The third-order valence-electron chi connectivity index (χ3n) is 4.43. The summed E-state index contributed by atoms with van der Waals surface area (Å²) in [5.74, 6) is 0.414. The summed E-state index contributed by atoms with van der Waals surface area (Å²) >= 11 is 0. The van der Waals surface area contributed by atoms with Crippen LogP contribution in [0.5, 0.6) is 5.75 Å². The summed E-state index contributed by atoms with van der Waals surface area (Å²) in [5.41, 5.74) is 2.17. The summed E-state index contributed by atoms with van der Waals surface area (Å²) in [7, 11) is 0. The number of phenols is 1. The van der Waals surface area contributed by atoms with E-state index in [2.05, 4.69) is 23.6 Å². The zero-order valence-corrected chi connectivity index (χ0v) is 11.3. The Morgan fingerprint density at radius 1 is 1.21 bits per heavy atom. The summed E-state index contributed by atoms with van der Waals surface area (Å²) in [4.78, 5) is 2.52. The molecular formula is C17H21NO. The largest absolute Gasteiger partial charge is 0.508 e. The molecule has 0 spiro atoms. The molecular weight excluding hydrogens is 234 g/mol. The predicted molar refractivity (Wildman–Crippen MR) is 79.7 cm³/mol. The number of hydrogen-bond donors (Lipinski definition) is 1. The fourth-order valence-electron chi connectivity index (χ4n) is 3.51. The van der Waals surface area contributed by atoms with Gasteiger partial charge in [-0.3, -0.25) is 0 Å². The maximum absolute atomic E-state index is 10.2. The van der Waals surface area contributed by atoms with Gasteiger partial charge in [-0.25, -0.2) is 0 Å². The quantitative estimate of drug-likeness (QED) is 0.827. The molecule has 0 aromatic heterocycles. The van der Waals surface area contributed by atoms with Gasteiger partial charge in [0.2, 0.25) is 0 Å². The fraction of sp³-hybridized carbons (Fsp3) is 0.412. The number of phenolic OH excluding ortho intramolecular Hbond substituents is 1. The Morgan fingerprint density at radius 2 is 1.89 bits per heavy atom. The van der Waals surface area contributed by atoms with E-state index >= 15 is 0 Å². The molecule has 2 aliphatic rings. The van der Waals surface area contributed by atoms with E-state index in [0.29, 0.717) is 17.8 Å². The minimum absolute atomic E-state index is 0.414. The molecule has 2 heterocycles. The van der Waals surface area contributed by atoms with Gasteiger partial charge in [-0.2, -0.15) is 0 Å². The van der Waals surface area contributed by atoms with Crippen LogP contribution in [0.2, 0.25) is 0 Å². The number of hydrogen-bond acceptors (Lipinski definition) is 2. The van der Waals surface area contributed by atoms with Crippen molar-refractivity contribution in [2.75, 3.05) is 4.90 Å². The highest BCUT2D eigenvalue weighted by molar-refractivity contribution is 5.56. The van der Waals surface area contributed by atoms with E-state index in [1.54, 1.807) is 6.08 Å². The van der Waals surface area contributed by atoms with E-state index in [1.807, 2.05) is 18.2 Å². The third kappa shape index (κ3) is 2.27. The maximum Gasteiger partial charge on any atom is 0.121 e. The van der Waals surface area contributed by atoms with E-state index in [-0.39, 0.29) is 0 Å². The van der Waals surface area contributed by atoms with Crippen LogP contribution >= 0.6 is 0 Å². The molecule has 0 atom stereocenters. The van der Waals surface area contributed by atoms with Crippen LogP contribution in [0, 0.1) is 0 Å². The Kier molecular flexibility index (Phi) is 3.33. The molecule has 100 valence electrons. The molecule has 0 radical (unpaired) electrons. The van der Waals surface area contributed by atoms with Crippen LogP contribution in [-0.2, 0) is 6.42 Å². The molecule has 2 heteroatoms. The number of fused-ring (bicyclic) bond motifs is 2. The molecule has 3 rings (SSSR count). The van der Waals surface area contributed by atoms with Crippen molar-refractivity contribution < 1.29 is 5.11 Å². The molecule has 2 bridgehead atoms. The first-order valence-electron chi connectivity index (χ1n) is 7.17. The van der Waals surface area contributed by atoms with E-state index < -0.39 is 0 Å². The van der Waals surface area contributed by atoms with E-state index in [0.717, 1.165) is 12.0 Å². The normalized spacial score (nSPS) is 25.4. The maximum atomic E-state index is 10.2. The lowest BCUT2D eigenvalue weighted by atomic mass is 10.0. The van der Waals surface area contributed by atoms with Crippen LogP contribution in [0.1, 0.15) is 31.2 Å². The first kappa shape index (κ1) is 12.3. The Morgan fingerprint density at radius 3 is 2.47 bits per heavy atom. The van der Waals surface area contributed by atoms with Crippen LogP contribution in [0.25, 0.3) is 0 Å². The Bertz CT molecular complexity index is 486. The summed E-state index contributed by atoms with van der Waals surface area (Å²) in [5, 5.41) is 10.2. The molecule has 0 amide bonds. The molecule has 0 aliphatic carbocycles. The minimum atomic E-state index is 0.414. The lowest BCUT2D eigenvalue weighted by Crippen LogP contribution is -2.27. The van der Waals surface area contributed by atoms with Crippen LogP contribution in [0.15, 0.2) is 43.0 Å². The zero-order chi connectivity index (χ0) is 13.2. The van der Waals surface area contributed by atoms with Crippen molar-refractivity contribution in [1.82, 2.24) is 0 Å². The molecule has 1 N–H and O–H groups in total. The van der Waals surface area contributed by atoms with Gasteiger partial charge in [0.1, 0.15) is 5.75 Å². The monoisotopic (exact) mass is 255 g/mol. The van der Waals surface area contributed by atoms with Crippen molar-refractivity contribution >= 4 is 5.69 Å². The fourth-order valence-corrected chi connectivity index (χ4v) is 3.51. The molecule has 19 heavy (non-hydrogen) atoms. The van der Waals surface area contributed by atoms with Crippen LogP contribution in [0.3, 0.4) is 0 Å². The van der Waals surface area contributed by atoms with Gasteiger partial charge < -0.3 is 10.0 Å². The van der Waals surface area contributed by atoms with Crippen molar-refractivity contribution in [1.29, 1.82) is 0 Å². The minimum Gasteiger partial charge on any atom is -0.508 e. The summed E-state index contributed by atoms with van der Waals surface area (Å²) < 4.78 is 0. The van der Waals surface area contributed by atoms with Crippen molar-refractivity contribution in [2.45, 2.75) is 44.2 Å². The molecule has 2 aliphatic heterocycles. The summed E-state index contributed by atoms with van der Waals surface area (Å²) in [6.45, 7) is 3.65. The van der Waals surface area contributed by atoms with E-state index in [4.69, 9.17) is 0 Å². The Hall–Kier alpha value is -1.70. The number of benzene rings is 1. The van der Waals surface area contributed by atoms with Crippen LogP contribution in [-0.4, -0.2) is 17.2 Å². The van der Waals surface area contributed by atoms with Gasteiger partial charge in [-0.15, -0.1) is 0 Å². The zero-order valence-electron chi connectivity index (χ0n) is 11.3. The predicted octanol–water partition coefficient (Wildman–Crippen LogP) is 3.81. The second kappa shape index (κ2) is 5.12. The second-order valence-electron chi connectivity index (χ2n) is 5.55. The van der Waals surface area contributed by atoms with Crippen molar-refractivity contribution in [2.24, 2.45) is 0 Å². The van der Waals surface area contributed by atoms with Gasteiger partial charge in [-0.05, 0) is 43.7 Å². The topological polar surface area (TPSA) is 23.5 Å². The highest BCUT2D eigenvalue weighted by Crippen LogP contribution is 2.42. The summed E-state index contributed by atoms with van der Waals surface area (Å²) in [6, 6.07) is 7.56. The second-order valence-corrected chi connectivity index (χ2v) is 5.55. The molecule has 0 saturated carbocycles. The number of nitrogens with zero attached hydrogens (tertiary/aromatic N) is 1. The lowest BCUT2D eigenvalue weighted by Gasteiger charge is -2.25. The highest BCUT2D eigenvalue weighted by Gasteiger charge is 2.39. The number of rotatable bonds is 4. The first-order valence-corrected chi connectivity index (χ1v) is 7.17. The Balaban J connectivity index is 1.79. The van der Waals surface area contributed by atoms with Crippen molar-refractivity contribution in [3.8, 4) is 5.75 Å².